The highest BCUT2D eigenvalue weighted by molar-refractivity contribution is 6.36. The van der Waals surface area contributed by atoms with Crippen molar-refractivity contribution in [2.24, 2.45) is 5.10 Å². The number of hydrazone groups is 1. The minimum atomic E-state index is -0.322. The predicted octanol–water partition coefficient (Wildman–Crippen LogP) is 6.43. The Morgan fingerprint density at radius 2 is 1.76 bits per heavy atom. The SMILES string of the molecule is CC(OCc1ccc(Cc2c(Cl)cc(N3N=CCNC3=O)cc2Cl)cc1)c1ccc(Cl)nc1. The van der Waals surface area contributed by atoms with Gasteiger partial charge in [0.2, 0.25) is 0 Å². The molecule has 3 aromatic rings. The average molecular weight is 504 g/mol. The molecular formula is C24H21Cl3N4O2. The Morgan fingerprint density at radius 1 is 1.06 bits per heavy atom. The summed E-state index contributed by atoms with van der Waals surface area (Å²) >= 11 is 18.9. The first-order valence-electron chi connectivity index (χ1n) is 10.3. The van der Waals surface area contributed by atoms with Gasteiger partial charge in [0.15, 0.2) is 0 Å². The Kier molecular flexibility index (Phi) is 7.50. The van der Waals surface area contributed by atoms with Crippen LogP contribution in [0, 0.1) is 0 Å². The van der Waals surface area contributed by atoms with E-state index in [1.807, 2.05) is 37.3 Å². The molecule has 0 spiro atoms. The second-order valence-electron chi connectivity index (χ2n) is 7.54. The van der Waals surface area contributed by atoms with Gasteiger partial charge in [-0.2, -0.15) is 10.1 Å². The van der Waals surface area contributed by atoms with Gasteiger partial charge >= 0.3 is 6.03 Å². The topological polar surface area (TPSA) is 66.8 Å². The van der Waals surface area contributed by atoms with E-state index in [9.17, 15) is 4.79 Å². The Labute approximate surface area is 207 Å². The number of carbonyl (C=O) groups excluding carboxylic acids is 1. The van der Waals surface area contributed by atoms with Gasteiger partial charge in [0.1, 0.15) is 5.15 Å². The quantitative estimate of drug-likeness (QED) is 0.378. The third-order valence-electron chi connectivity index (χ3n) is 5.23. The van der Waals surface area contributed by atoms with Gasteiger partial charge < -0.3 is 10.1 Å². The van der Waals surface area contributed by atoms with Crippen molar-refractivity contribution in [2.45, 2.75) is 26.1 Å². The molecule has 0 saturated carbocycles. The maximum atomic E-state index is 12.0. The highest BCUT2D eigenvalue weighted by Crippen LogP contribution is 2.33. The first-order chi connectivity index (χ1) is 15.9. The Balaban J connectivity index is 1.40. The molecule has 170 valence electrons. The predicted molar refractivity (Wildman–Crippen MR) is 133 cm³/mol. The number of benzene rings is 2. The van der Waals surface area contributed by atoms with Crippen molar-refractivity contribution in [3.63, 3.8) is 0 Å². The third-order valence-corrected chi connectivity index (χ3v) is 6.13. The van der Waals surface area contributed by atoms with E-state index in [1.165, 1.54) is 5.01 Å². The fraction of sp³-hybridized carbons (Fsp3) is 0.208. The van der Waals surface area contributed by atoms with Crippen LogP contribution in [-0.4, -0.2) is 23.8 Å². The van der Waals surface area contributed by atoms with Gasteiger partial charge in [-0.25, -0.2) is 9.78 Å². The average Bonchev–Trinajstić information content (AvgIpc) is 2.81. The summed E-state index contributed by atoms with van der Waals surface area (Å²) in [6.07, 6.45) is 3.78. The van der Waals surface area contributed by atoms with Crippen LogP contribution in [0.2, 0.25) is 15.2 Å². The lowest BCUT2D eigenvalue weighted by Gasteiger charge is -2.22. The van der Waals surface area contributed by atoms with Crippen molar-refractivity contribution in [3.8, 4) is 0 Å². The summed E-state index contributed by atoms with van der Waals surface area (Å²) in [5.41, 5.74) is 4.38. The monoisotopic (exact) mass is 502 g/mol. The van der Waals surface area contributed by atoms with Crippen LogP contribution in [0.4, 0.5) is 10.5 Å². The normalized spacial score (nSPS) is 14.3. The van der Waals surface area contributed by atoms with E-state index < -0.39 is 0 Å². The van der Waals surface area contributed by atoms with Crippen LogP contribution in [0.1, 0.15) is 35.3 Å². The van der Waals surface area contributed by atoms with E-state index in [-0.39, 0.29) is 12.1 Å². The molecule has 0 bridgehead atoms. The van der Waals surface area contributed by atoms with Crippen LogP contribution in [-0.2, 0) is 17.8 Å². The molecule has 33 heavy (non-hydrogen) atoms. The Bertz CT molecular complexity index is 1140. The van der Waals surface area contributed by atoms with Gasteiger partial charge in [-0.1, -0.05) is 65.1 Å². The van der Waals surface area contributed by atoms with Crippen molar-refractivity contribution in [1.29, 1.82) is 0 Å². The largest absolute Gasteiger partial charge is 0.369 e. The number of amides is 2. The first-order valence-corrected chi connectivity index (χ1v) is 11.4. The number of pyridine rings is 1. The molecule has 0 radical (unpaired) electrons. The maximum absolute atomic E-state index is 12.0. The number of nitrogens with zero attached hydrogens (tertiary/aromatic N) is 3. The van der Waals surface area contributed by atoms with E-state index in [4.69, 9.17) is 39.5 Å². The van der Waals surface area contributed by atoms with Crippen molar-refractivity contribution >= 4 is 52.7 Å². The van der Waals surface area contributed by atoms with Gasteiger partial charge in [-0.05, 0) is 47.4 Å². The third kappa shape index (κ3) is 5.84. The number of aromatic nitrogens is 1. The van der Waals surface area contributed by atoms with E-state index in [1.54, 1.807) is 30.6 Å². The van der Waals surface area contributed by atoms with E-state index >= 15 is 0 Å². The zero-order valence-electron chi connectivity index (χ0n) is 17.8. The summed E-state index contributed by atoms with van der Waals surface area (Å²) < 4.78 is 5.96. The molecule has 0 aliphatic carbocycles. The number of nitrogens with one attached hydrogen (secondary N) is 1. The summed E-state index contributed by atoms with van der Waals surface area (Å²) in [4.78, 5) is 16.1. The van der Waals surface area contributed by atoms with Gasteiger partial charge in [-0.15, -0.1) is 0 Å². The molecule has 1 aliphatic heterocycles. The lowest BCUT2D eigenvalue weighted by Crippen LogP contribution is -2.41. The number of urea groups is 1. The van der Waals surface area contributed by atoms with E-state index in [0.717, 1.165) is 22.3 Å². The molecule has 2 heterocycles. The maximum Gasteiger partial charge on any atom is 0.342 e. The number of ether oxygens (including phenoxy) is 1. The molecule has 6 nitrogen and oxygen atoms in total. The summed E-state index contributed by atoms with van der Waals surface area (Å²) in [7, 11) is 0. The molecule has 0 fully saturated rings. The highest BCUT2D eigenvalue weighted by Gasteiger charge is 2.20. The molecule has 1 N–H and O–H groups in total. The smallest absolute Gasteiger partial charge is 0.342 e. The fourth-order valence-electron chi connectivity index (χ4n) is 3.35. The van der Waals surface area contributed by atoms with Crippen LogP contribution < -0.4 is 10.3 Å². The highest BCUT2D eigenvalue weighted by atomic mass is 35.5. The molecular weight excluding hydrogens is 483 g/mol. The van der Waals surface area contributed by atoms with Crippen LogP contribution in [0.3, 0.4) is 0 Å². The molecule has 9 heteroatoms. The van der Waals surface area contributed by atoms with Crippen LogP contribution in [0.15, 0.2) is 59.8 Å². The zero-order valence-corrected chi connectivity index (χ0v) is 20.0. The van der Waals surface area contributed by atoms with Crippen molar-refractivity contribution in [2.75, 3.05) is 11.6 Å². The van der Waals surface area contributed by atoms with Crippen molar-refractivity contribution in [1.82, 2.24) is 10.3 Å². The molecule has 2 amide bonds. The Morgan fingerprint density at radius 3 is 2.39 bits per heavy atom. The molecule has 1 aromatic heterocycles. The van der Waals surface area contributed by atoms with Crippen molar-refractivity contribution in [3.05, 3.63) is 92.2 Å². The number of rotatable bonds is 7. The van der Waals surface area contributed by atoms with Gasteiger partial charge in [0, 0.05) is 28.9 Å². The Hall–Kier alpha value is -2.64. The second-order valence-corrected chi connectivity index (χ2v) is 8.75. The summed E-state index contributed by atoms with van der Waals surface area (Å²) in [5, 5.41) is 9.44. The number of hydrogen-bond donors (Lipinski definition) is 1. The molecule has 1 unspecified atom stereocenters. The summed E-state index contributed by atoms with van der Waals surface area (Å²) in [6, 6.07) is 14.8. The van der Waals surface area contributed by atoms with Crippen LogP contribution in [0.5, 0.6) is 0 Å². The molecule has 0 saturated heterocycles. The fourth-order valence-corrected chi connectivity index (χ4v) is 4.07. The van der Waals surface area contributed by atoms with E-state index in [2.05, 4.69) is 15.4 Å². The van der Waals surface area contributed by atoms with Crippen LogP contribution >= 0.6 is 34.8 Å². The number of halogens is 3. The zero-order chi connectivity index (χ0) is 23.4. The van der Waals surface area contributed by atoms with E-state index in [0.29, 0.717) is 40.5 Å². The lowest BCUT2D eigenvalue weighted by molar-refractivity contribution is 0.0523. The van der Waals surface area contributed by atoms with Gasteiger partial charge in [0.05, 0.1) is 24.9 Å². The van der Waals surface area contributed by atoms with Gasteiger partial charge in [0.25, 0.3) is 0 Å². The van der Waals surface area contributed by atoms with Gasteiger partial charge in [-0.3, -0.25) is 0 Å². The van der Waals surface area contributed by atoms with Crippen LogP contribution in [0.25, 0.3) is 0 Å². The minimum absolute atomic E-state index is 0.100. The summed E-state index contributed by atoms with van der Waals surface area (Å²) in [6.45, 7) is 2.84. The first kappa shape index (κ1) is 23.5. The minimum Gasteiger partial charge on any atom is -0.369 e. The van der Waals surface area contributed by atoms with Crippen molar-refractivity contribution < 1.29 is 9.53 Å². The number of hydrogen-bond acceptors (Lipinski definition) is 4. The number of carbonyl (C=O) groups is 1. The lowest BCUT2D eigenvalue weighted by atomic mass is 10.0. The molecule has 2 aromatic carbocycles. The molecule has 1 aliphatic rings. The standard InChI is InChI=1S/C24H21Cl3N4O2/c1-15(18-6-7-23(27)29-13-18)33-14-17-4-2-16(3-5-17)10-20-21(25)11-19(12-22(20)26)31-24(32)28-8-9-30-31/h2-7,9,11-13,15H,8,10,14H2,1H3,(H,28,32). The number of anilines is 1. The summed E-state index contributed by atoms with van der Waals surface area (Å²) in [5.74, 6) is 0. The molecule has 1 atom stereocenters. The molecule has 4 rings (SSSR count). The second kappa shape index (κ2) is 10.5.